The van der Waals surface area contributed by atoms with Gasteiger partial charge < -0.3 is 9.64 Å². The van der Waals surface area contributed by atoms with Crippen LogP contribution >= 0.6 is 15.9 Å². The second-order valence-corrected chi connectivity index (χ2v) is 6.89. The van der Waals surface area contributed by atoms with Crippen LogP contribution < -0.4 is 0 Å². The number of likely N-dealkylation sites (tertiary alicyclic amines) is 1. The number of aromatic nitrogens is 1. The van der Waals surface area contributed by atoms with Crippen LogP contribution in [0.5, 0.6) is 0 Å². The summed E-state index contributed by atoms with van der Waals surface area (Å²) < 4.78 is 6.28. The van der Waals surface area contributed by atoms with E-state index in [-0.39, 0.29) is 5.91 Å². The topological polar surface area (TPSA) is 59.5 Å². The minimum absolute atomic E-state index is 0.165. The first-order valence-corrected chi connectivity index (χ1v) is 9.10. The predicted octanol–water partition coefficient (Wildman–Crippen LogP) is 3.75. The summed E-state index contributed by atoms with van der Waals surface area (Å²) in [6.45, 7) is 1.41. The number of amides is 1. The molecule has 5 nitrogen and oxygen atoms in total. The lowest BCUT2D eigenvalue weighted by Crippen LogP contribution is -2.40. The fourth-order valence-corrected chi connectivity index (χ4v) is 3.23. The van der Waals surface area contributed by atoms with Crippen LogP contribution in [0.15, 0.2) is 53.3 Å². The Bertz CT molecular complexity index is 745. The number of benzene rings is 1. The van der Waals surface area contributed by atoms with E-state index in [9.17, 15) is 9.59 Å². The lowest BCUT2D eigenvalue weighted by atomic mass is 10.1. The molecule has 1 fully saturated rings. The van der Waals surface area contributed by atoms with Crippen molar-refractivity contribution >= 4 is 27.8 Å². The highest BCUT2D eigenvalue weighted by Gasteiger charge is 2.30. The largest absolute Gasteiger partial charge is 0.444 e. The zero-order valence-corrected chi connectivity index (χ0v) is 15.3. The van der Waals surface area contributed by atoms with Crippen LogP contribution in [0.4, 0.5) is 0 Å². The molecule has 6 heteroatoms. The van der Waals surface area contributed by atoms with Crippen LogP contribution in [0.3, 0.4) is 0 Å². The molecular formula is C19H19BrN2O3. The number of ether oxygens (including phenoxy) is 1. The molecule has 2 heterocycles. The first-order valence-electron chi connectivity index (χ1n) is 8.30. The van der Waals surface area contributed by atoms with Gasteiger partial charge in [-0.1, -0.05) is 30.3 Å². The van der Waals surface area contributed by atoms with E-state index in [1.54, 1.807) is 29.3 Å². The fraction of sp³-hybridized carbons (Fsp3) is 0.316. The molecule has 0 saturated carbocycles. The number of pyridine rings is 1. The molecule has 25 heavy (non-hydrogen) atoms. The van der Waals surface area contributed by atoms with Gasteiger partial charge in [-0.25, -0.2) is 4.79 Å². The predicted molar refractivity (Wildman–Crippen MR) is 97.0 cm³/mol. The van der Waals surface area contributed by atoms with Crippen molar-refractivity contribution in [3.8, 4) is 0 Å². The SMILES string of the molecule is O=C(O[C@H](C(=O)N1CCCCC1)c1ccccc1)c1cncc(Br)c1. The van der Waals surface area contributed by atoms with Crippen molar-refractivity contribution in [3.63, 3.8) is 0 Å². The molecule has 0 unspecified atom stereocenters. The van der Waals surface area contributed by atoms with Crippen LogP contribution in [0.2, 0.25) is 0 Å². The third kappa shape index (κ3) is 4.45. The average Bonchev–Trinajstić information content (AvgIpc) is 2.67. The maximum absolute atomic E-state index is 13.0. The van der Waals surface area contributed by atoms with Gasteiger partial charge in [-0.3, -0.25) is 9.78 Å². The average molecular weight is 403 g/mol. The van der Waals surface area contributed by atoms with E-state index >= 15 is 0 Å². The minimum atomic E-state index is -0.939. The molecule has 130 valence electrons. The van der Waals surface area contributed by atoms with E-state index in [1.807, 2.05) is 18.2 Å². The quantitative estimate of drug-likeness (QED) is 0.730. The van der Waals surface area contributed by atoms with Crippen LogP contribution in [-0.2, 0) is 9.53 Å². The number of hydrogen-bond acceptors (Lipinski definition) is 4. The molecule has 0 N–H and O–H groups in total. The summed E-state index contributed by atoms with van der Waals surface area (Å²) in [5.41, 5.74) is 0.983. The zero-order chi connectivity index (χ0) is 17.6. The standard InChI is InChI=1S/C19H19BrN2O3/c20-16-11-15(12-21-13-16)19(24)25-17(14-7-3-1-4-8-14)18(23)22-9-5-2-6-10-22/h1,3-4,7-8,11-13,17H,2,5-6,9-10H2/t17-/m0/s1. The highest BCUT2D eigenvalue weighted by Crippen LogP contribution is 2.24. The van der Waals surface area contributed by atoms with Gasteiger partial charge in [0.25, 0.3) is 5.91 Å². The number of halogens is 1. The summed E-state index contributed by atoms with van der Waals surface area (Å²) >= 11 is 3.29. The van der Waals surface area contributed by atoms with Gasteiger partial charge in [0.1, 0.15) is 0 Å². The van der Waals surface area contributed by atoms with Crippen LogP contribution in [-0.4, -0.2) is 34.8 Å². The number of carbonyl (C=O) groups excluding carboxylic acids is 2. The summed E-state index contributed by atoms with van der Waals surface area (Å²) in [6.07, 6.45) is 5.17. The first kappa shape index (κ1) is 17.6. The van der Waals surface area contributed by atoms with Crippen molar-refractivity contribution < 1.29 is 14.3 Å². The second-order valence-electron chi connectivity index (χ2n) is 5.97. The van der Waals surface area contributed by atoms with Crippen molar-refractivity contribution in [2.45, 2.75) is 25.4 Å². The van der Waals surface area contributed by atoms with Crippen LogP contribution in [0.25, 0.3) is 0 Å². The Morgan fingerprint density at radius 3 is 2.48 bits per heavy atom. The Balaban J connectivity index is 1.83. The maximum atomic E-state index is 13.0. The van der Waals surface area contributed by atoms with Gasteiger partial charge >= 0.3 is 5.97 Å². The minimum Gasteiger partial charge on any atom is -0.444 e. The fourth-order valence-electron chi connectivity index (χ4n) is 2.87. The van der Waals surface area contributed by atoms with Crippen molar-refractivity contribution in [2.75, 3.05) is 13.1 Å². The Labute approximate surface area is 155 Å². The lowest BCUT2D eigenvalue weighted by Gasteiger charge is -2.30. The Morgan fingerprint density at radius 2 is 1.80 bits per heavy atom. The Morgan fingerprint density at radius 1 is 1.08 bits per heavy atom. The van der Waals surface area contributed by atoms with Crippen LogP contribution in [0.1, 0.15) is 41.3 Å². The molecule has 1 aromatic heterocycles. The maximum Gasteiger partial charge on any atom is 0.340 e. The lowest BCUT2D eigenvalue weighted by molar-refractivity contribution is -0.142. The molecule has 0 spiro atoms. The number of nitrogens with zero attached hydrogens (tertiary/aromatic N) is 2. The van der Waals surface area contributed by atoms with Crippen molar-refractivity contribution in [3.05, 3.63) is 64.4 Å². The number of hydrogen-bond donors (Lipinski definition) is 0. The van der Waals surface area contributed by atoms with Crippen molar-refractivity contribution in [1.82, 2.24) is 9.88 Å². The van der Waals surface area contributed by atoms with Gasteiger partial charge in [-0.05, 0) is 41.3 Å². The number of carbonyl (C=O) groups is 2. The van der Waals surface area contributed by atoms with Gasteiger partial charge in [0.05, 0.1) is 5.56 Å². The first-order chi connectivity index (χ1) is 12.1. The smallest absolute Gasteiger partial charge is 0.340 e. The summed E-state index contributed by atoms with van der Waals surface area (Å²) in [6, 6.07) is 10.8. The molecular weight excluding hydrogens is 384 g/mol. The molecule has 1 saturated heterocycles. The highest BCUT2D eigenvalue weighted by molar-refractivity contribution is 9.10. The van der Waals surface area contributed by atoms with Gasteiger partial charge in [0, 0.05) is 35.5 Å². The molecule has 0 aliphatic carbocycles. The number of piperidine rings is 1. The van der Waals surface area contributed by atoms with Crippen molar-refractivity contribution in [1.29, 1.82) is 0 Å². The summed E-state index contributed by atoms with van der Waals surface area (Å²) in [7, 11) is 0. The zero-order valence-electron chi connectivity index (χ0n) is 13.7. The molecule has 1 aliphatic rings. The van der Waals surface area contributed by atoms with Crippen molar-refractivity contribution in [2.24, 2.45) is 0 Å². The summed E-state index contributed by atoms with van der Waals surface area (Å²) in [5.74, 6) is -0.727. The monoisotopic (exact) mass is 402 g/mol. The molecule has 1 atom stereocenters. The van der Waals surface area contributed by atoms with Gasteiger partial charge in [-0.2, -0.15) is 0 Å². The molecule has 3 rings (SSSR count). The third-order valence-electron chi connectivity index (χ3n) is 4.16. The van der Waals surface area contributed by atoms with Gasteiger partial charge in [0.2, 0.25) is 6.10 Å². The van der Waals surface area contributed by atoms with E-state index in [2.05, 4.69) is 20.9 Å². The van der Waals surface area contributed by atoms with Gasteiger partial charge in [0.15, 0.2) is 0 Å². The van der Waals surface area contributed by atoms with Gasteiger partial charge in [-0.15, -0.1) is 0 Å². The number of rotatable bonds is 4. The molecule has 0 radical (unpaired) electrons. The third-order valence-corrected chi connectivity index (χ3v) is 4.59. The normalized spacial score (nSPS) is 15.5. The number of esters is 1. The molecule has 1 amide bonds. The second kappa shape index (κ2) is 8.25. The molecule has 2 aromatic rings. The Hall–Kier alpha value is -2.21. The van der Waals surface area contributed by atoms with E-state index in [0.717, 1.165) is 19.3 Å². The van der Waals surface area contributed by atoms with E-state index in [1.165, 1.54) is 6.20 Å². The molecule has 1 aliphatic heterocycles. The van der Waals surface area contributed by atoms with Crippen LogP contribution in [0, 0.1) is 0 Å². The summed E-state index contributed by atoms with van der Waals surface area (Å²) in [4.78, 5) is 31.2. The summed E-state index contributed by atoms with van der Waals surface area (Å²) in [5, 5.41) is 0. The molecule has 1 aromatic carbocycles. The van der Waals surface area contributed by atoms with E-state index in [4.69, 9.17) is 4.74 Å². The highest BCUT2D eigenvalue weighted by atomic mass is 79.9. The van der Waals surface area contributed by atoms with E-state index in [0.29, 0.717) is 28.7 Å². The Kier molecular flexibility index (Phi) is 5.81. The molecule has 0 bridgehead atoms. The van der Waals surface area contributed by atoms with E-state index < -0.39 is 12.1 Å².